The molecule has 15 heteroatoms. The monoisotopic (exact) mass is 767 g/mol. The Morgan fingerprint density at radius 3 is 2.23 bits per heavy atom. The molecule has 6 fully saturated rings. The summed E-state index contributed by atoms with van der Waals surface area (Å²) >= 11 is 11.9. The maximum absolute atomic E-state index is 13.4. The molecule has 9 atom stereocenters. The Hall–Kier alpha value is -2.23. The highest BCUT2D eigenvalue weighted by Gasteiger charge is 2.69. The number of amides is 2. The number of carbonyl (C=O) groups excluding carboxylic acids is 3. The molecule has 52 heavy (non-hydrogen) atoms. The van der Waals surface area contributed by atoms with Gasteiger partial charge in [-0.25, -0.2) is 14.6 Å². The molecule has 2 N–H and O–H groups in total. The molecule has 1 spiro atoms. The van der Waals surface area contributed by atoms with Crippen molar-refractivity contribution in [1.29, 1.82) is 0 Å². The normalized spacial score (nSPS) is 33.7. The van der Waals surface area contributed by atoms with Gasteiger partial charge in [-0.2, -0.15) is 0 Å². The summed E-state index contributed by atoms with van der Waals surface area (Å²) in [5, 5.41) is 6.03. The maximum atomic E-state index is 13.4. The Bertz CT molecular complexity index is 1400. The van der Waals surface area contributed by atoms with Gasteiger partial charge in [0.25, 0.3) is 0 Å². The summed E-state index contributed by atoms with van der Waals surface area (Å²) in [5.74, 6) is 0.113. The van der Waals surface area contributed by atoms with Crippen LogP contribution in [0.15, 0.2) is 24.3 Å². The van der Waals surface area contributed by atoms with Crippen LogP contribution < -0.4 is 15.5 Å². The number of alkyl halides is 2. The summed E-state index contributed by atoms with van der Waals surface area (Å²) in [6, 6.07) is 6.98. The van der Waals surface area contributed by atoms with Crippen LogP contribution in [0, 0.1) is 23.7 Å². The highest BCUT2D eigenvalue weighted by atomic mass is 35.5. The average Bonchev–Trinajstić information content (AvgIpc) is 3.36. The number of esters is 1. The Balaban J connectivity index is 0.966. The molecule has 290 valence electrons. The quantitative estimate of drug-likeness (QED) is 0.165. The van der Waals surface area contributed by atoms with E-state index in [4.69, 9.17) is 47.2 Å². The molecule has 13 nitrogen and oxygen atoms in total. The molecule has 5 saturated heterocycles. The Morgan fingerprint density at radius 1 is 0.942 bits per heavy atom. The minimum absolute atomic E-state index is 0.0147. The van der Waals surface area contributed by atoms with E-state index in [-0.39, 0.29) is 42.7 Å². The molecular weight excluding hydrogens is 713 g/mol. The van der Waals surface area contributed by atoms with Gasteiger partial charge >= 0.3 is 5.97 Å². The minimum atomic E-state index is -0.868. The predicted octanol–water partition coefficient (Wildman–Crippen LogP) is 3.11. The van der Waals surface area contributed by atoms with E-state index in [0.717, 1.165) is 36.9 Å². The lowest BCUT2D eigenvalue weighted by atomic mass is 9.58. The first-order valence-corrected chi connectivity index (χ1v) is 19.8. The van der Waals surface area contributed by atoms with Gasteiger partial charge < -0.3 is 29.7 Å². The van der Waals surface area contributed by atoms with Crippen molar-refractivity contribution in [1.82, 2.24) is 20.4 Å². The van der Waals surface area contributed by atoms with Crippen LogP contribution in [0.2, 0.25) is 0 Å². The van der Waals surface area contributed by atoms with Crippen LogP contribution in [0.4, 0.5) is 5.69 Å². The number of carbonyl (C=O) groups is 3. The van der Waals surface area contributed by atoms with Gasteiger partial charge in [-0.15, -0.1) is 23.2 Å². The molecule has 2 bridgehead atoms. The fourth-order valence-corrected chi connectivity index (χ4v) is 9.42. The number of benzene rings is 1. The second kappa shape index (κ2) is 17.1. The van der Waals surface area contributed by atoms with Crippen LogP contribution in [0.3, 0.4) is 0 Å². The van der Waals surface area contributed by atoms with Crippen molar-refractivity contribution in [3.63, 3.8) is 0 Å². The first-order valence-electron chi connectivity index (χ1n) is 18.8. The van der Waals surface area contributed by atoms with Gasteiger partial charge in [-0.05, 0) is 55.7 Å². The standard InChI is InChI=1S/C37H55Cl2N5O8/c1-24-5-10-29-25(2)33(49-35-37(29)28(24)11-12-36(3,50-35)51-52-37)41-32(46)23-43-19-17-42(18-20-43)22-31(45)40-30(34(47)48-4)21-26-6-8-27(9-7-26)44(15-13-38)16-14-39/h6-9,24-25,28-30,33,35H,5,10-23H2,1-4H3,(H,40,45)(H,41,46)/t24-,25-,28?,29+,30+,33+,35-,36?,37?/m1/s1. The van der Waals surface area contributed by atoms with Crippen molar-refractivity contribution < 1.29 is 38.4 Å². The van der Waals surface area contributed by atoms with Gasteiger partial charge in [0, 0.05) is 81.4 Å². The average molecular weight is 769 g/mol. The number of anilines is 1. The van der Waals surface area contributed by atoms with Crippen LogP contribution in [0.5, 0.6) is 0 Å². The number of rotatable bonds is 14. The number of nitrogens with zero attached hydrogens (tertiary/aromatic N) is 3. The highest BCUT2D eigenvalue weighted by molar-refractivity contribution is 6.18. The second-order valence-corrected chi connectivity index (χ2v) is 16.1. The molecule has 1 aromatic carbocycles. The topological polar surface area (TPSA) is 131 Å². The van der Waals surface area contributed by atoms with Crippen molar-refractivity contribution in [2.75, 3.05) is 76.1 Å². The summed E-state index contributed by atoms with van der Waals surface area (Å²) < 4.78 is 18.0. The van der Waals surface area contributed by atoms with Crippen molar-refractivity contribution >= 4 is 46.7 Å². The Morgan fingerprint density at radius 2 is 1.60 bits per heavy atom. The zero-order valence-electron chi connectivity index (χ0n) is 30.8. The van der Waals surface area contributed by atoms with E-state index >= 15 is 0 Å². The van der Waals surface area contributed by atoms with E-state index in [2.05, 4.69) is 34.3 Å². The molecule has 5 aliphatic heterocycles. The van der Waals surface area contributed by atoms with Crippen LogP contribution in [0.25, 0.3) is 0 Å². The predicted molar refractivity (Wildman–Crippen MR) is 196 cm³/mol. The third kappa shape index (κ3) is 8.52. The summed E-state index contributed by atoms with van der Waals surface area (Å²) in [4.78, 5) is 57.5. The molecule has 5 heterocycles. The lowest BCUT2D eigenvalue weighted by Crippen LogP contribution is -2.72. The second-order valence-electron chi connectivity index (χ2n) is 15.3. The van der Waals surface area contributed by atoms with Crippen LogP contribution in [-0.4, -0.2) is 129 Å². The summed E-state index contributed by atoms with van der Waals surface area (Å²) in [7, 11) is 1.32. The summed E-state index contributed by atoms with van der Waals surface area (Å²) in [5.41, 5.74) is 1.21. The van der Waals surface area contributed by atoms with E-state index in [0.29, 0.717) is 63.4 Å². The molecule has 7 rings (SSSR count). The summed E-state index contributed by atoms with van der Waals surface area (Å²) in [6.45, 7) is 10.5. The fraction of sp³-hybridized carbons (Fsp3) is 0.757. The van der Waals surface area contributed by atoms with Crippen molar-refractivity contribution in [2.24, 2.45) is 23.7 Å². The molecule has 3 unspecified atom stereocenters. The van der Waals surface area contributed by atoms with Crippen molar-refractivity contribution in [2.45, 2.75) is 82.8 Å². The number of piperazine rings is 1. The molecule has 0 radical (unpaired) electrons. The minimum Gasteiger partial charge on any atom is -0.467 e. The Kier molecular flexibility index (Phi) is 12.9. The van der Waals surface area contributed by atoms with E-state index < -0.39 is 35.9 Å². The first-order chi connectivity index (χ1) is 25.0. The molecule has 1 aliphatic carbocycles. The number of nitrogens with one attached hydrogen (secondary N) is 2. The van der Waals surface area contributed by atoms with Gasteiger partial charge in [-0.1, -0.05) is 26.0 Å². The van der Waals surface area contributed by atoms with E-state index in [1.807, 2.05) is 36.1 Å². The van der Waals surface area contributed by atoms with Crippen molar-refractivity contribution in [3.8, 4) is 0 Å². The van der Waals surface area contributed by atoms with Gasteiger partial charge in [0.2, 0.25) is 17.6 Å². The molecular formula is C37H55Cl2N5O8. The largest absolute Gasteiger partial charge is 0.467 e. The number of hydrogen-bond donors (Lipinski definition) is 2. The first kappa shape index (κ1) is 39.5. The molecule has 1 saturated carbocycles. The van der Waals surface area contributed by atoms with Crippen LogP contribution >= 0.6 is 23.2 Å². The fourth-order valence-electron chi connectivity index (χ4n) is 9.01. The SMILES string of the molecule is COC(=O)[C@H](Cc1ccc(N(CCCl)CCCl)cc1)NC(=O)CN1CCN(CC(=O)N[C@H]2O[C@@H]3OC4(C)CCC5[C@H](C)CC[C@@H]([C@H]2C)C53OO4)CC1. The third-order valence-corrected chi connectivity index (χ3v) is 12.3. The number of fused-ring (bicyclic) bond motifs is 2. The zero-order valence-corrected chi connectivity index (χ0v) is 32.3. The van der Waals surface area contributed by atoms with Gasteiger partial charge in [0.15, 0.2) is 11.9 Å². The highest BCUT2D eigenvalue weighted by Crippen LogP contribution is 2.60. The molecule has 6 aliphatic rings. The number of ether oxygens (including phenoxy) is 3. The Labute approximate surface area is 317 Å². The van der Waals surface area contributed by atoms with Crippen molar-refractivity contribution in [3.05, 3.63) is 29.8 Å². The lowest BCUT2D eigenvalue weighted by Gasteiger charge is -2.60. The third-order valence-electron chi connectivity index (χ3n) is 11.9. The van der Waals surface area contributed by atoms with E-state index in [9.17, 15) is 14.4 Å². The smallest absolute Gasteiger partial charge is 0.328 e. The summed E-state index contributed by atoms with van der Waals surface area (Å²) in [6.07, 6.45) is 2.93. The zero-order chi connectivity index (χ0) is 37.0. The number of halogens is 2. The van der Waals surface area contributed by atoms with Gasteiger partial charge in [-0.3, -0.25) is 19.4 Å². The van der Waals surface area contributed by atoms with Crippen LogP contribution in [-0.2, 0) is 44.8 Å². The van der Waals surface area contributed by atoms with E-state index in [1.54, 1.807) is 0 Å². The van der Waals surface area contributed by atoms with E-state index in [1.165, 1.54) is 7.11 Å². The lowest BCUT2D eigenvalue weighted by molar-refractivity contribution is -0.571. The number of hydrogen-bond acceptors (Lipinski definition) is 11. The molecule has 1 aromatic rings. The van der Waals surface area contributed by atoms with Crippen LogP contribution in [0.1, 0.15) is 52.0 Å². The maximum Gasteiger partial charge on any atom is 0.328 e. The number of methoxy groups -OCH3 is 1. The van der Waals surface area contributed by atoms with Gasteiger partial charge in [0.05, 0.1) is 20.2 Å². The molecule has 0 aromatic heterocycles. The molecule has 2 amide bonds. The van der Waals surface area contributed by atoms with Gasteiger partial charge in [0.1, 0.15) is 12.3 Å².